The normalized spacial score (nSPS) is 10.8. The molecular weight excluding hydrogens is 273 g/mol. The lowest BCUT2D eigenvalue weighted by Gasteiger charge is -2.08. The van der Waals surface area contributed by atoms with Gasteiger partial charge in [-0.1, -0.05) is 5.11 Å². The number of benzene rings is 1. The number of unbranched alkanes of at least 4 members (excludes halogenated alkanes) is 1. The minimum Gasteiger partial charge on any atom is -0.352 e. The van der Waals surface area contributed by atoms with Gasteiger partial charge in [0.25, 0.3) is 5.91 Å². The van der Waals surface area contributed by atoms with Crippen LogP contribution in [0.15, 0.2) is 29.4 Å². The highest BCUT2D eigenvalue weighted by Crippen LogP contribution is 2.28. The van der Waals surface area contributed by atoms with E-state index in [1.807, 2.05) is 0 Å². The summed E-state index contributed by atoms with van der Waals surface area (Å²) in [5.41, 5.74) is 7.43. The Bertz CT molecular complexity index is 492. The summed E-state index contributed by atoms with van der Waals surface area (Å²) in [6, 6.07) is 4.02. The standard InChI is InChI=1S/C12H13F3N4O/c13-12(14,15)10-5-3-9(4-6-10)11(20)17-7-1-2-8-18-19-16/h3-6H,1-2,7-8H2,(H,17,20). The van der Waals surface area contributed by atoms with Gasteiger partial charge < -0.3 is 5.32 Å². The summed E-state index contributed by atoms with van der Waals surface area (Å²) in [6.45, 7) is 0.730. The van der Waals surface area contributed by atoms with E-state index < -0.39 is 17.6 Å². The zero-order valence-corrected chi connectivity index (χ0v) is 10.5. The van der Waals surface area contributed by atoms with E-state index in [2.05, 4.69) is 15.3 Å². The summed E-state index contributed by atoms with van der Waals surface area (Å²) in [7, 11) is 0. The lowest BCUT2D eigenvalue weighted by molar-refractivity contribution is -0.137. The Morgan fingerprint density at radius 3 is 2.45 bits per heavy atom. The average molecular weight is 286 g/mol. The largest absolute Gasteiger partial charge is 0.416 e. The van der Waals surface area contributed by atoms with Crippen LogP contribution >= 0.6 is 0 Å². The molecule has 0 fully saturated rings. The van der Waals surface area contributed by atoms with Crippen LogP contribution in [-0.2, 0) is 6.18 Å². The van der Waals surface area contributed by atoms with Crippen LogP contribution in [0.5, 0.6) is 0 Å². The van der Waals surface area contributed by atoms with Crippen molar-refractivity contribution in [2.75, 3.05) is 13.1 Å². The molecule has 1 aromatic carbocycles. The summed E-state index contributed by atoms with van der Waals surface area (Å²) < 4.78 is 37.0. The van der Waals surface area contributed by atoms with Crippen LogP contribution in [0.1, 0.15) is 28.8 Å². The molecule has 108 valence electrons. The number of carbonyl (C=O) groups excluding carboxylic acids is 1. The molecule has 0 spiro atoms. The summed E-state index contributed by atoms with van der Waals surface area (Å²) in [5.74, 6) is -0.428. The smallest absolute Gasteiger partial charge is 0.352 e. The third kappa shape index (κ3) is 5.19. The Labute approximate surface area is 113 Å². The number of hydrogen-bond acceptors (Lipinski definition) is 2. The first-order valence-corrected chi connectivity index (χ1v) is 5.91. The van der Waals surface area contributed by atoms with E-state index in [4.69, 9.17) is 5.53 Å². The van der Waals surface area contributed by atoms with Gasteiger partial charge in [-0.15, -0.1) is 0 Å². The van der Waals surface area contributed by atoms with Crippen LogP contribution in [0.3, 0.4) is 0 Å². The number of rotatable bonds is 6. The van der Waals surface area contributed by atoms with Crippen LogP contribution in [0.25, 0.3) is 10.4 Å². The summed E-state index contributed by atoms with van der Waals surface area (Å²) in [6.07, 6.45) is -3.14. The van der Waals surface area contributed by atoms with Crippen molar-refractivity contribution in [3.63, 3.8) is 0 Å². The molecule has 0 atom stereocenters. The molecule has 0 aliphatic carbocycles. The maximum atomic E-state index is 12.3. The van der Waals surface area contributed by atoms with Crippen molar-refractivity contribution in [1.82, 2.24) is 5.32 Å². The highest BCUT2D eigenvalue weighted by Gasteiger charge is 2.30. The molecule has 1 rings (SSSR count). The van der Waals surface area contributed by atoms with Gasteiger partial charge in [0.2, 0.25) is 0 Å². The molecule has 0 aromatic heterocycles. The van der Waals surface area contributed by atoms with E-state index in [0.29, 0.717) is 25.9 Å². The molecule has 0 heterocycles. The maximum Gasteiger partial charge on any atom is 0.416 e. The van der Waals surface area contributed by atoms with Crippen molar-refractivity contribution in [2.24, 2.45) is 5.11 Å². The zero-order chi connectivity index (χ0) is 15.0. The van der Waals surface area contributed by atoms with Crippen molar-refractivity contribution < 1.29 is 18.0 Å². The SMILES string of the molecule is [N-]=[N+]=NCCCCNC(=O)c1ccc(C(F)(F)F)cc1. The van der Waals surface area contributed by atoms with E-state index >= 15 is 0 Å². The van der Waals surface area contributed by atoms with Crippen LogP contribution in [-0.4, -0.2) is 19.0 Å². The first kappa shape index (κ1) is 15.8. The zero-order valence-electron chi connectivity index (χ0n) is 10.5. The second-order valence-electron chi connectivity index (χ2n) is 3.99. The predicted octanol–water partition coefficient (Wildman–Crippen LogP) is 3.53. The van der Waals surface area contributed by atoms with E-state index in [1.165, 1.54) is 0 Å². The number of carbonyl (C=O) groups is 1. The van der Waals surface area contributed by atoms with E-state index in [-0.39, 0.29) is 5.56 Å². The molecule has 8 heteroatoms. The summed E-state index contributed by atoms with van der Waals surface area (Å²) in [4.78, 5) is 14.2. The summed E-state index contributed by atoms with van der Waals surface area (Å²) >= 11 is 0. The minimum absolute atomic E-state index is 0.174. The van der Waals surface area contributed by atoms with Crippen molar-refractivity contribution >= 4 is 5.91 Å². The molecule has 5 nitrogen and oxygen atoms in total. The molecule has 0 unspecified atom stereocenters. The van der Waals surface area contributed by atoms with Crippen molar-refractivity contribution in [3.05, 3.63) is 45.8 Å². The number of nitrogens with zero attached hydrogens (tertiary/aromatic N) is 3. The van der Waals surface area contributed by atoms with Crippen molar-refractivity contribution in [2.45, 2.75) is 19.0 Å². The second kappa shape index (κ2) is 7.40. The third-order valence-corrected chi connectivity index (χ3v) is 2.51. The Kier molecular flexibility index (Phi) is 5.86. The number of halogens is 3. The monoisotopic (exact) mass is 286 g/mol. The fourth-order valence-corrected chi connectivity index (χ4v) is 1.47. The third-order valence-electron chi connectivity index (χ3n) is 2.51. The number of hydrogen-bond donors (Lipinski definition) is 1. The predicted molar refractivity (Wildman–Crippen MR) is 67.0 cm³/mol. The fraction of sp³-hybridized carbons (Fsp3) is 0.417. The molecule has 0 saturated carbocycles. The molecule has 0 bridgehead atoms. The number of nitrogens with one attached hydrogen (secondary N) is 1. The van der Waals surface area contributed by atoms with Gasteiger partial charge in [0.05, 0.1) is 5.56 Å². The maximum absolute atomic E-state index is 12.3. The molecule has 1 amide bonds. The lowest BCUT2D eigenvalue weighted by Crippen LogP contribution is -2.24. The van der Waals surface area contributed by atoms with Gasteiger partial charge in [-0.05, 0) is 42.6 Å². The Morgan fingerprint density at radius 1 is 1.25 bits per heavy atom. The molecular formula is C12H13F3N4O. The molecule has 20 heavy (non-hydrogen) atoms. The second-order valence-corrected chi connectivity index (χ2v) is 3.99. The summed E-state index contributed by atoms with van der Waals surface area (Å²) in [5, 5.41) is 5.92. The lowest BCUT2D eigenvalue weighted by atomic mass is 10.1. The molecule has 0 aliphatic rings. The molecule has 1 aromatic rings. The van der Waals surface area contributed by atoms with E-state index in [1.54, 1.807) is 0 Å². The number of amides is 1. The highest BCUT2D eigenvalue weighted by molar-refractivity contribution is 5.94. The van der Waals surface area contributed by atoms with E-state index in [0.717, 1.165) is 24.3 Å². The van der Waals surface area contributed by atoms with Crippen LogP contribution < -0.4 is 5.32 Å². The Hall–Kier alpha value is -2.21. The van der Waals surface area contributed by atoms with E-state index in [9.17, 15) is 18.0 Å². The minimum atomic E-state index is -4.41. The van der Waals surface area contributed by atoms with Gasteiger partial charge in [0.15, 0.2) is 0 Å². The van der Waals surface area contributed by atoms with Crippen molar-refractivity contribution in [3.8, 4) is 0 Å². The molecule has 0 saturated heterocycles. The topological polar surface area (TPSA) is 77.9 Å². The molecule has 1 N–H and O–H groups in total. The number of alkyl halides is 3. The average Bonchev–Trinajstić information content (AvgIpc) is 2.41. The number of azide groups is 1. The fourth-order valence-electron chi connectivity index (χ4n) is 1.47. The first-order valence-electron chi connectivity index (χ1n) is 5.91. The van der Waals surface area contributed by atoms with Gasteiger partial charge in [0.1, 0.15) is 0 Å². The quantitative estimate of drug-likeness (QED) is 0.369. The Morgan fingerprint density at radius 2 is 1.90 bits per heavy atom. The molecule has 0 radical (unpaired) electrons. The van der Waals surface area contributed by atoms with Gasteiger partial charge in [0, 0.05) is 23.6 Å². The van der Waals surface area contributed by atoms with Crippen LogP contribution in [0, 0.1) is 0 Å². The molecule has 0 aliphatic heterocycles. The van der Waals surface area contributed by atoms with Crippen molar-refractivity contribution in [1.29, 1.82) is 0 Å². The van der Waals surface area contributed by atoms with Crippen LogP contribution in [0.2, 0.25) is 0 Å². The van der Waals surface area contributed by atoms with Crippen LogP contribution in [0.4, 0.5) is 13.2 Å². The van der Waals surface area contributed by atoms with Gasteiger partial charge in [-0.25, -0.2) is 0 Å². The Balaban J connectivity index is 2.42. The van der Waals surface area contributed by atoms with Gasteiger partial charge >= 0.3 is 6.18 Å². The highest BCUT2D eigenvalue weighted by atomic mass is 19.4. The first-order chi connectivity index (χ1) is 9.45. The van der Waals surface area contributed by atoms with Gasteiger partial charge in [-0.3, -0.25) is 4.79 Å². The van der Waals surface area contributed by atoms with Gasteiger partial charge in [-0.2, -0.15) is 13.2 Å².